The highest BCUT2D eigenvalue weighted by Gasteiger charge is 2.22. The van der Waals surface area contributed by atoms with E-state index in [0.29, 0.717) is 5.78 Å². The van der Waals surface area contributed by atoms with Crippen LogP contribution in [0.15, 0.2) is 36.4 Å². The van der Waals surface area contributed by atoms with Crippen LogP contribution in [-0.4, -0.2) is 63.9 Å². The number of aromatic nitrogens is 4. The lowest BCUT2D eigenvalue weighted by molar-refractivity contribution is 0.122. The zero-order valence-corrected chi connectivity index (χ0v) is 17.7. The summed E-state index contributed by atoms with van der Waals surface area (Å²) in [6, 6.07) is 13.0. The second-order valence-electron chi connectivity index (χ2n) is 8.50. The van der Waals surface area contributed by atoms with Crippen LogP contribution in [0.25, 0.3) is 5.78 Å². The fraction of sp³-hybridized carbons (Fsp3) is 0.522. The molecule has 5 rings (SSSR count). The number of hydrogen-bond donors (Lipinski definition) is 0. The van der Waals surface area contributed by atoms with Gasteiger partial charge in [-0.25, -0.2) is 4.98 Å². The first-order valence-electron chi connectivity index (χ1n) is 11.1. The monoisotopic (exact) mass is 406 g/mol. The molecule has 2 aliphatic heterocycles. The van der Waals surface area contributed by atoms with Gasteiger partial charge in [-0.05, 0) is 50.8 Å². The van der Waals surface area contributed by atoms with Crippen LogP contribution >= 0.6 is 0 Å². The first kappa shape index (κ1) is 19.5. The molecule has 0 atom stereocenters. The minimum atomic E-state index is 0.699. The van der Waals surface area contributed by atoms with Crippen molar-refractivity contribution in [3.05, 3.63) is 53.5 Å². The van der Waals surface area contributed by atoms with Gasteiger partial charge >= 0.3 is 0 Å². The van der Waals surface area contributed by atoms with E-state index in [9.17, 15) is 0 Å². The van der Waals surface area contributed by atoms with Crippen LogP contribution in [0.1, 0.15) is 29.9 Å². The smallest absolute Gasteiger partial charge is 0.254 e. The van der Waals surface area contributed by atoms with Crippen molar-refractivity contribution in [2.75, 3.05) is 44.3 Å². The largest absolute Gasteiger partial charge is 0.378 e. The molecule has 2 fully saturated rings. The van der Waals surface area contributed by atoms with Crippen molar-refractivity contribution in [2.24, 2.45) is 5.92 Å². The summed E-state index contributed by atoms with van der Waals surface area (Å²) in [5, 5.41) is 4.83. The van der Waals surface area contributed by atoms with Crippen molar-refractivity contribution in [2.45, 2.75) is 32.7 Å². The van der Waals surface area contributed by atoms with Gasteiger partial charge in [-0.3, -0.25) is 4.90 Å². The molecule has 2 saturated heterocycles. The number of rotatable bonds is 5. The highest BCUT2D eigenvalue weighted by molar-refractivity contribution is 5.47. The van der Waals surface area contributed by atoms with Crippen LogP contribution in [0, 0.1) is 12.8 Å². The van der Waals surface area contributed by atoms with Crippen molar-refractivity contribution in [3.8, 4) is 0 Å². The molecule has 2 aliphatic rings. The van der Waals surface area contributed by atoms with Gasteiger partial charge < -0.3 is 9.64 Å². The molecular formula is C23H30N6O. The fourth-order valence-electron chi connectivity index (χ4n) is 4.59. The van der Waals surface area contributed by atoms with E-state index in [4.69, 9.17) is 14.8 Å². The van der Waals surface area contributed by atoms with Crippen molar-refractivity contribution in [3.63, 3.8) is 0 Å². The van der Waals surface area contributed by atoms with E-state index in [0.717, 1.165) is 69.2 Å². The molecule has 0 amide bonds. The van der Waals surface area contributed by atoms with E-state index in [1.54, 1.807) is 0 Å². The minimum Gasteiger partial charge on any atom is -0.378 e. The number of piperidine rings is 1. The highest BCUT2D eigenvalue weighted by atomic mass is 16.5. The Morgan fingerprint density at radius 3 is 2.53 bits per heavy atom. The predicted molar refractivity (Wildman–Crippen MR) is 117 cm³/mol. The fourth-order valence-corrected chi connectivity index (χ4v) is 4.59. The summed E-state index contributed by atoms with van der Waals surface area (Å²) in [6.07, 6.45) is 3.66. The molecule has 1 aromatic carbocycles. The standard InChI is InChI=1S/C23H30N6O/c1-18-15-22(28-11-13-30-14-12-28)29-23(24-18)25-21(26-29)17-27-9-7-20(8-10-27)16-19-5-3-2-4-6-19/h2-6,15,20H,7-14,16-17H2,1H3. The van der Waals surface area contributed by atoms with E-state index >= 15 is 0 Å². The predicted octanol–water partition coefficient (Wildman–Crippen LogP) is 2.72. The molecule has 3 aromatic rings. The molecule has 0 bridgehead atoms. The Balaban J connectivity index is 1.25. The van der Waals surface area contributed by atoms with E-state index < -0.39 is 0 Å². The summed E-state index contributed by atoms with van der Waals surface area (Å²) < 4.78 is 7.42. The first-order valence-corrected chi connectivity index (χ1v) is 11.1. The highest BCUT2D eigenvalue weighted by Crippen LogP contribution is 2.23. The molecule has 0 spiro atoms. The Labute approximate surface area is 177 Å². The Kier molecular flexibility index (Phi) is 5.64. The van der Waals surface area contributed by atoms with Gasteiger partial charge in [0.15, 0.2) is 5.82 Å². The minimum absolute atomic E-state index is 0.699. The Morgan fingerprint density at radius 1 is 1.00 bits per heavy atom. The average Bonchev–Trinajstić information content (AvgIpc) is 3.18. The van der Waals surface area contributed by atoms with E-state index in [1.165, 1.54) is 24.8 Å². The van der Waals surface area contributed by atoms with Gasteiger partial charge in [0.1, 0.15) is 5.82 Å². The summed E-state index contributed by atoms with van der Waals surface area (Å²) >= 11 is 0. The number of morpholine rings is 1. The number of anilines is 1. The SMILES string of the molecule is Cc1cc(N2CCOCC2)n2nc(CN3CCC(Cc4ccccc4)CC3)nc2n1. The number of benzene rings is 1. The maximum Gasteiger partial charge on any atom is 0.254 e. The molecule has 7 nitrogen and oxygen atoms in total. The molecule has 0 unspecified atom stereocenters. The Bertz CT molecular complexity index is 974. The second kappa shape index (κ2) is 8.70. The van der Waals surface area contributed by atoms with Crippen molar-refractivity contribution >= 4 is 11.6 Å². The molecule has 4 heterocycles. The molecule has 0 N–H and O–H groups in total. The maximum absolute atomic E-state index is 5.51. The van der Waals surface area contributed by atoms with Crippen molar-refractivity contribution in [1.82, 2.24) is 24.5 Å². The van der Waals surface area contributed by atoms with Gasteiger partial charge in [-0.2, -0.15) is 9.50 Å². The van der Waals surface area contributed by atoms with Crippen LogP contribution in [-0.2, 0) is 17.7 Å². The molecule has 0 aliphatic carbocycles. The number of aryl methyl sites for hydroxylation is 1. The van der Waals surface area contributed by atoms with Crippen molar-refractivity contribution in [1.29, 1.82) is 0 Å². The summed E-state index contributed by atoms with van der Waals surface area (Å²) in [7, 11) is 0. The summed E-state index contributed by atoms with van der Waals surface area (Å²) in [5.41, 5.74) is 2.43. The number of nitrogens with zero attached hydrogens (tertiary/aromatic N) is 6. The third-order valence-electron chi connectivity index (χ3n) is 6.24. The van der Waals surface area contributed by atoms with Gasteiger partial charge in [-0.15, -0.1) is 5.10 Å². The Hall–Kier alpha value is -2.51. The summed E-state index contributed by atoms with van der Waals surface area (Å²) in [6.45, 7) is 8.29. The third kappa shape index (κ3) is 4.32. The normalized spacial score (nSPS) is 18.9. The van der Waals surface area contributed by atoms with Gasteiger partial charge in [0.2, 0.25) is 0 Å². The molecular weight excluding hydrogens is 376 g/mol. The van der Waals surface area contributed by atoms with E-state index in [1.807, 2.05) is 11.4 Å². The molecule has 7 heteroatoms. The zero-order chi connectivity index (χ0) is 20.3. The lowest BCUT2D eigenvalue weighted by atomic mass is 9.90. The number of ether oxygens (including phenoxy) is 1. The third-order valence-corrected chi connectivity index (χ3v) is 6.24. The molecule has 2 aromatic heterocycles. The zero-order valence-electron chi connectivity index (χ0n) is 17.7. The summed E-state index contributed by atoms with van der Waals surface area (Å²) in [4.78, 5) is 14.2. The van der Waals surface area contributed by atoms with Crippen molar-refractivity contribution < 1.29 is 4.74 Å². The number of hydrogen-bond acceptors (Lipinski definition) is 6. The van der Waals surface area contributed by atoms with Gasteiger partial charge in [0.25, 0.3) is 5.78 Å². The number of likely N-dealkylation sites (tertiary alicyclic amines) is 1. The van der Waals surface area contributed by atoms with E-state index in [-0.39, 0.29) is 0 Å². The lowest BCUT2D eigenvalue weighted by Crippen LogP contribution is -2.37. The van der Waals surface area contributed by atoms with Crippen LogP contribution < -0.4 is 4.90 Å². The van der Waals surface area contributed by atoms with Gasteiger partial charge in [-0.1, -0.05) is 30.3 Å². The first-order chi connectivity index (χ1) is 14.7. The maximum atomic E-state index is 5.51. The Morgan fingerprint density at radius 2 is 1.77 bits per heavy atom. The van der Waals surface area contributed by atoms with Crippen LogP contribution in [0.3, 0.4) is 0 Å². The van der Waals surface area contributed by atoms with Crippen LogP contribution in [0.4, 0.5) is 5.82 Å². The summed E-state index contributed by atoms with van der Waals surface area (Å²) in [5.74, 6) is 3.41. The van der Waals surface area contributed by atoms with Gasteiger partial charge in [0.05, 0.1) is 19.8 Å². The average molecular weight is 407 g/mol. The molecule has 0 radical (unpaired) electrons. The van der Waals surface area contributed by atoms with Crippen LogP contribution in [0.2, 0.25) is 0 Å². The molecule has 158 valence electrons. The molecule has 0 saturated carbocycles. The van der Waals surface area contributed by atoms with E-state index in [2.05, 4.69) is 51.2 Å². The second-order valence-corrected chi connectivity index (χ2v) is 8.50. The topological polar surface area (TPSA) is 58.8 Å². The number of fused-ring (bicyclic) bond motifs is 1. The molecule has 30 heavy (non-hydrogen) atoms. The van der Waals surface area contributed by atoms with Crippen LogP contribution in [0.5, 0.6) is 0 Å². The quantitative estimate of drug-likeness (QED) is 0.649. The van der Waals surface area contributed by atoms with Gasteiger partial charge in [0, 0.05) is 24.8 Å². The lowest BCUT2D eigenvalue weighted by Gasteiger charge is -2.31.